The number of carbonyl (C=O) groups is 1. The van der Waals surface area contributed by atoms with Crippen LogP contribution in [0.25, 0.3) is 0 Å². The quantitative estimate of drug-likeness (QED) is 0.867. The normalized spacial score (nSPS) is 18.7. The van der Waals surface area contributed by atoms with Crippen LogP contribution >= 0.6 is 0 Å². The van der Waals surface area contributed by atoms with Gasteiger partial charge in [0.05, 0.1) is 6.54 Å². The number of aromatic nitrogens is 1. The van der Waals surface area contributed by atoms with Gasteiger partial charge >= 0.3 is 0 Å². The highest BCUT2D eigenvalue weighted by molar-refractivity contribution is 5.92. The Balaban J connectivity index is 2.05. The number of likely N-dealkylation sites (N-methyl/N-ethyl adjacent to an activating group) is 1. The van der Waals surface area contributed by atoms with Crippen molar-refractivity contribution in [2.24, 2.45) is 0 Å². The predicted octanol–water partition coefficient (Wildman–Crippen LogP) is 1.97. The lowest BCUT2D eigenvalue weighted by molar-refractivity contribution is 0.0730. The van der Waals surface area contributed by atoms with Gasteiger partial charge < -0.3 is 14.8 Å². The molecule has 1 aromatic rings. The van der Waals surface area contributed by atoms with Crippen molar-refractivity contribution in [3.8, 4) is 0 Å². The second kappa shape index (κ2) is 6.83. The van der Waals surface area contributed by atoms with E-state index in [-0.39, 0.29) is 5.91 Å². The van der Waals surface area contributed by atoms with Gasteiger partial charge in [0.2, 0.25) is 0 Å². The molecule has 112 valence electrons. The molecule has 1 saturated heterocycles. The highest BCUT2D eigenvalue weighted by atomic mass is 19.3. The zero-order valence-electron chi connectivity index (χ0n) is 11.7. The molecule has 1 aliphatic heterocycles. The van der Waals surface area contributed by atoms with Gasteiger partial charge in [-0.15, -0.1) is 0 Å². The number of rotatable bonds is 6. The van der Waals surface area contributed by atoms with Gasteiger partial charge in [0.25, 0.3) is 12.3 Å². The van der Waals surface area contributed by atoms with Crippen LogP contribution in [-0.4, -0.2) is 47.5 Å². The molecule has 1 aliphatic rings. The number of amides is 1. The first-order valence-corrected chi connectivity index (χ1v) is 7.07. The number of halogens is 2. The Kier molecular flexibility index (Phi) is 5.11. The van der Waals surface area contributed by atoms with Crippen molar-refractivity contribution in [2.75, 3.05) is 19.6 Å². The van der Waals surface area contributed by atoms with Crippen molar-refractivity contribution in [1.82, 2.24) is 14.8 Å². The van der Waals surface area contributed by atoms with E-state index in [9.17, 15) is 13.6 Å². The fourth-order valence-corrected chi connectivity index (χ4v) is 2.61. The first-order chi connectivity index (χ1) is 9.61. The molecule has 2 heterocycles. The van der Waals surface area contributed by atoms with E-state index in [0.29, 0.717) is 24.8 Å². The maximum absolute atomic E-state index is 12.5. The third-order valence-corrected chi connectivity index (χ3v) is 3.66. The van der Waals surface area contributed by atoms with E-state index in [1.165, 1.54) is 10.8 Å². The highest BCUT2D eigenvalue weighted by Crippen LogP contribution is 2.12. The fourth-order valence-electron chi connectivity index (χ4n) is 2.61. The van der Waals surface area contributed by atoms with Gasteiger partial charge in [-0.05, 0) is 38.4 Å². The summed E-state index contributed by atoms with van der Waals surface area (Å²) in [5.41, 5.74) is 0.338. The van der Waals surface area contributed by atoms with Crippen LogP contribution < -0.4 is 5.32 Å². The van der Waals surface area contributed by atoms with Gasteiger partial charge in [0.1, 0.15) is 5.69 Å². The van der Waals surface area contributed by atoms with Gasteiger partial charge in [0.15, 0.2) is 0 Å². The first kappa shape index (κ1) is 15.0. The van der Waals surface area contributed by atoms with Crippen LogP contribution in [0.5, 0.6) is 0 Å². The third kappa shape index (κ3) is 3.56. The Bertz CT molecular complexity index is 441. The molecule has 1 amide bonds. The van der Waals surface area contributed by atoms with E-state index in [1.54, 1.807) is 17.0 Å². The molecule has 6 heteroatoms. The Morgan fingerprint density at radius 3 is 3.00 bits per heavy atom. The molecule has 2 rings (SSSR count). The summed E-state index contributed by atoms with van der Waals surface area (Å²) in [6.45, 7) is 3.67. The van der Waals surface area contributed by atoms with Gasteiger partial charge in [-0.1, -0.05) is 0 Å². The predicted molar refractivity (Wildman–Crippen MR) is 73.0 cm³/mol. The van der Waals surface area contributed by atoms with Crippen LogP contribution in [-0.2, 0) is 6.54 Å². The van der Waals surface area contributed by atoms with Crippen LogP contribution in [0, 0.1) is 0 Å². The molecule has 1 atom stereocenters. The summed E-state index contributed by atoms with van der Waals surface area (Å²) in [7, 11) is 0. The van der Waals surface area contributed by atoms with Gasteiger partial charge in [0, 0.05) is 25.3 Å². The van der Waals surface area contributed by atoms with Gasteiger partial charge in [-0.3, -0.25) is 4.79 Å². The summed E-state index contributed by atoms with van der Waals surface area (Å²) in [5, 5.41) is 3.35. The minimum absolute atomic E-state index is 0.174. The van der Waals surface area contributed by atoms with E-state index in [2.05, 4.69) is 5.32 Å². The number of alkyl halides is 2. The van der Waals surface area contributed by atoms with Crippen LogP contribution in [0.4, 0.5) is 8.78 Å². The number of nitrogens with one attached hydrogen (secondary N) is 1. The SMILES string of the molecule is CCN(CC1CCCN1)C(=O)c1cccn1CC(F)F. The molecule has 0 aliphatic carbocycles. The Morgan fingerprint density at radius 1 is 1.60 bits per heavy atom. The van der Waals surface area contributed by atoms with E-state index >= 15 is 0 Å². The van der Waals surface area contributed by atoms with Crippen molar-refractivity contribution >= 4 is 5.91 Å². The van der Waals surface area contributed by atoms with Gasteiger partial charge in [-0.25, -0.2) is 8.78 Å². The summed E-state index contributed by atoms with van der Waals surface area (Å²) in [5.74, 6) is -0.174. The third-order valence-electron chi connectivity index (χ3n) is 3.66. The van der Waals surface area contributed by atoms with Crippen molar-refractivity contribution < 1.29 is 13.6 Å². The fraction of sp³-hybridized carbons (Fsp3) is 0.643. The number of hydrogen-bond acceptors (Lipinski definition) is 2. The summed E-state index contributed by atoms with van der Waals surface area (Å²) in [6.07, 6.45) is 1.25. The lowest BCUT2D eigenvalue weighted by atomic mass is 10.2. The van der Waals surface area contributed by atoms with Crippen molar-refractivity contribution in [1.29, 1.82) is 0 Å². The molecule has 0 spiro atoms. The van der Waals surface area contributed by atoms with Crippen LogP contribution in [0.2, 0.25) is 0 Å². The van der Waals surface area contributed by atoms with Crippen molar-refractivity contribution in [2.45, 2.75) is 38.8 Å². The molecule has 1 aromatic heterocycles. The molecule has 1 fully saturated rings. The molecule has 1 N–H and O–H groups in total. The van der Waals surface area contributed by atoms with E-state index in [0.717, 1.165) is 19.4 Å². The Labute approximate surface area is 117 Å². The molecular formula is C14H21F2N3O. The van der Waals surface area contributed by atoms with Crippen LogP contribution in [0.3, 0.4) is 0 Å². The minimum atomic E-state index is -2.46. The summed E-state index contributed by atoms with van der Waals surface area (Å²) < 4.78 is 26.3. The second-order valence-corrected chi connectivity index (χ2v) is 5.07. The number of hydrogen-bond donors (Lipinski definition) is 1. The zero-order chi connectivity index (χ0) is 14.5. The summed E-state index contributed by atoms with van der Waals surface area (Å²) in [4.78, 5) is 14.2. The minimum Gasteiger partial charge on any atom is -0.338 e. The molecule has 20 heavy (non-hydrogen) atoms. The summed E-state index contributed by atoms with van der Waals surface area (Å²) >= 11 is 0. The average molecular weight is 285 g/mol. The van der Waals surface area contributed by atoms with Crippen LogP contribution in [0.1, 0.15) is 30.3 Å². The standard InChI is InChI=1S/C14H21F2N3O/c1-2-18(9-11-5-3-7-17-11)14(20)12-6-4-8-19(12)10-13(15)16/h4,6,8,11,13,17H,2-3,5,7,9-10H2,1H3. The average Bonchev–Trinajstić information content (AvgIpc) is 3.05. The smallest absolute Gasteiger partial charge is 0.270 e. The highest BCUT2D eigenvalue weighted by Gasteiger charge is 2.23. The van der Waals surface area contributed by atoms with Crippen molar-refractivity contribution in [3.63, 3.8) is 0 Å². The summed E-state index contributed by atoms with van der Waals surface area (Å²) in [6, 6.07) is 3.56. The first-order valence-electron chi connectivity index (χ1n) is 7.07. The molecular weight excluding hydrogens is 264 g/mol. The second-order valence-electron chi connectivity index (χ2n) is 5.07. The van der Waals surface area contributed by atoms with E-state index in [1.807, 2.05) is 6.92 Å². The largest absolute Gasteiger partial charge is 0.338 e. The molecule has 0 saturated carbocycles. The van der Waals surface area contributed by atoms with Crippen molar-refractivity contribution in [3.05, 3.63) is 24.0 Å². The Morgan fingerprint density at radius 2 is 2.40 bits per heavy atom. The molecule has 1 unspecified atom stereocenters. The molecule has 4 nitrogen and oxygen atoms in total. The maximum atomic E-state index is 12.5. The maximum Gasteiger partial charge on any atom is 0.270 e. The topological polar surface area (TPSA) is 37.3 Å². The van der Waals surface area contributed by atoms with Gasteiger partial charge in [-0.2, -0.15) is 0 Å². The monoisotopic (exact) mass is 285 g/mol. The lowest BCUT2D eigenvalue weighted by Gasteiger charge is -2.25. The molecule has 0 radical (unpaired) electrons. The molecule has 0 aromatic carbocycles. The van der Waals surface area contributed by atoms with E-state index in [4.69, 9.17) is 0 Å². The number of nitrogens with zero attached hydrogens (tertiary/aromatic N) is 2. The molecule has 0 bridgehead atoms. The Hall–Kier alpha value is -1.43. The number of carbonyl (C=O) groups excluding carboxylic acids is 1. The van der Waals surface area contributed by atoms with E-state index < -0.39 is 13.0 Å². The lowest BCUT2D eigenvalue weighted by Crippen LogP contribution is -2.41. The van der Waals surface area contributed by atoms with Crippen LogP contribution in [0.15, 0.2) is 18.3 Å². The zero-order valence-corrected chi connectivity index (χ0v) is 11.7.